The monoisotopic (exact) mass is 274 g/mol. The summed E-state index contributed by atoms with van der Waals surface area (Å²) in [5.74, 6) is 0. The van der Waals surface area contributed by atoms with Crippen LogP contribution in [0, 0.1) is 0 Å². The average Bonchev–Trinajstić information content (AvgIpc) is 2.71. The molecule has 2 aromatic rings. The minimum atomic E-state index is -0.485. The van der Waals surface area contributed by atoms with Crippen LogP contribution in [0.25, 0.3) is 10.9 Å². The first-order chi connectivity index (χ1) is 9.87. The van der Waals surface area contributed by atoms with Crippen LogP contribution in [0.5, 0.6) is 0 Å². The highest BCUT2D eigenvalue weighted by molar-refractivity contribution is 5.85. The molecule has 0 aliphatic carbocycles. The van der Waals surface area contributed by atoms with E-state index in [9.17, 15) is 4.79 Å². The van der Waals surface area contributed by atoms with Crippen molar-refractivity contribution in [2.45, 2.75) is 39.3 Å². The van der Waals surface area contributed by atoms with E-state index >= 15 is 0 Å². The van der Waals surface area contributed by atoms with Crippen molar-refractivity contribution in [3.63, 3.8) is 0 Å². The van der Waals surface area contributed by atoms with E-state index in [1.165, 1.54) is 4.98 Å². The average molecular weight is 274 g/mol. The highest BCUT2D eigenvalue weighted by atomic mass is 16.6. The fourth-order valence-electron chi connectivity index (χ4n) is 2.57. The van der Waals surface area contributed by atoms with Gasteiger partial charge in [-0.25, -0.2) is 4.79 Å². The lowest BCUT2D eigenvalue weighted by Crippen LogP contribution is -2.39. The van der Waals surface area contributed by atoms with Gasteiger partial charge >= 0.3 is 6.09 Å². The van der Waals surface area contributed by atoms with E-state index in [1.807, 2.05) is 45.0 Å². The van der Waals surface area contributed by atoms with E-state index in [2.05, 4.69) is 0 Å². The molecule has 0 fully saturated rings. The third-order valence-corrected chi connectivity index (χ3v) is 3.45. The Morgan fingerprint density at radius 2 is 2.15 bits per heavy atom. The number of benzene rings is 1. The maximum atomic E-state index is 12.2. The number of carbonyl (C=O) groups is 1. The van der Waals surface area contributed by atoms with Gasteiger partial charge in [0.15, 0.2) is 1.41 Å². The zero-order valence-electron chi connectivity index (χ0n) is 13.1. The van der Waals surface area contributed by atoms with Crippen molar-refractivity contribution in [2.75, 3.05) is 6.54 Å². The van der Waals surface area contributed by atoms with Gasteiger partial charge in [-0.3, -0.25) is 0 Å². The van der Waals surface area contributed by atoms with E-state index in [1.54, 1.807) is 4.90 Å². The first-order valence-corrected chi connectivity index (χ1v) is 6.95. The predicted molar refractivity (Wildman–Crippen MR) is 78.6 cm³/mol. The summed E-state index contributed by atoms with van der Waals surface area (Å²) in [4.78, 5) is 15.4. The molecular formula is C16H20N2O2. The molecule has 0 saturated carbocycles. The standard InChI is InChI=1S/C16H20N2O2/c1-16(2,3)20-15(19)18-9-8-14-12(10-18)11-6-4-5-7-13(11)17-14/h4-7,17H,8-10H2,1-3H3/i/hT. The van der Waals surface area contributed by atoms with Gasteiger partial charge < -0.3 is 14.6 Å². The lowest BCUT2D eigenvalue weighted by atomic mass is 10.1. The lowest BCUT2D eigenvalue weighted by molar-refractivity contribution is 0.0224. The lowest BCUT2D eigenvalue weighted by Gasteiger charge is -2.30. The Hall–Kier alpha value is -1.97. The second kappa shape index (κ2) is 4.54. The Labute approximate surface area is 120 Å². The number of hydrogen-bond donors (Lipinski definition) is 1. The fraction of sp³-hybridized carbons (Fsp3) is 0.438. The van der Waals surface area contributed by atoms with Crippen LogP contribution >= 0.6 is 0 Å². The summed E-state index contributed by atoms with van der Waals surface area (Å²) in [7, 11) is 0. The summed E-state index contributed by atoms with van der Waals surface area (Å²) in [6.45, 7) is 6.72. The smallest absolute Gasteiger partial charge is 0.410 e. The summed E-state index contributed by atoms with van der Waals surface area (Å²) >= 11 is 0. The van der Waals surface area contributed by atoms with Crippen molar-refractivity contribution >= 4 is 17.0 Å². The number of aromatic nitrogens is 1. The molecule has 4 heteroatoms. The molecule has 3 rings (SSSR count). The summed E-state index contributed by atoms with van der Waals surface area (Å²) < 4.78 is 13.6. The van der Waals surface area contributed by atoms with Crippen LogP contribution in [-0.2, 0) is 17.7 Å². The van der Waals surface area contributed by atoms with Crippen molar-refractivity contribution in [1.82, 2.24) is 9.88 Å². The number of para-hydroxylation sites is 1. The molecule has 1 aliphatic heterocycles. The molecule has 4 nitrogen and oxygen atoms in total. The summed E-state index contributed by atoms with van der Waals surface area (Å²) in [6.07, 6.45) is 0.405. The molecule has 20 heavy (non-hydrogen) atoms. The van der Waals surface area contributed by atoms with Crippen molar-refractivity contribution in [1.29, 1.82) is 0 Å². The molecule has 0 bridgehead atoms. The van der Waals surface area contributed by atoms with E-state index in [-0.39, 0.29) is 6.09 Å². The molecule has 1 aromatic heterocycles. The zero-order chi connectivity index (χ0) is 15.2. The van der Waals surface area contributed by atoms with Crippen molar-refractivity contribution < 1.29 is 10.9 Å². The first kappa shape index (κ1) is 11.8. The summed E-state index contributed by atoms with van der Waals surface area (Å²) in [5, 5.41) is 1.05. The van der Waals surface area contributed by atoms with Gasteiger partial charge in [-0.05, 0) is 26.8 Å². The predicted octanol–water partition coefficient (Wildman–Crippen LogP) is 3.46. The molecule has 0 radical (unpaired) electrons. The molecule has 0 saturated heterocycles. The van der Waals surface area contributed by atoms with E-state index in [0.29, 0.717) is 19.5 Å². The van der Waals surface area contributed by atoms with Gasteiger partial charge in [0, 0.05) is 35.1 Å². The number of amides is 1. The van der Waals surface area contributed by atoms with Gasteiger partial charge in [0.1, 0.15) is 5.60 Å². The fourth-order valence-corrected chi connectivity index (χ4v) is 2.57. The summed E-state index contributed by atoms with van der Waals surface area (Å²) in [5.41, 5.74) is 2.48. The second-order valence-corrected chi connectivity index (χ2v) is 6.21. The van der Waals surface area contributed by atoms with Crippen LogP contribution < -0.4 is 0 Å². The van der Waals surface area contributed by atoms with Gasteiger partial charge in [0.05, 0.1) is 6.54 Å². The van der Waals surface area contributed by atoms with Crippen molar-refractivity contribution in [3.8, 4) is 0 Å². The van der Waals surface area contributed by atoms with Crippen LogP contribution in [0.2, 0.25) is 1.41 Å². The number of nitrogens with zero attached hydrogens (tertiary/aromatic N) is 1. The molecule has 0 unspecified atom stereocenters. The number of hydrogen-bond acceptors (Lipinski definition) is 2. The number of rotatable bonds is 0. The van der Waals surface area contributed by atoms with E-state index < -0.39 is 5.60 Å². The quantitative estimate of drug-likeness (QED) is 0.799. The Balaban J connectivity index is 1.92. The van der Waals surface area contributed by atoms with Gasteiger partial charge in [-0.1, -0.05) is 18.2 Å². The van der Waals surface area contributed by atoms with Gasteiger partial charge in [-0.15, -0.1) is 0 Å². The number of ether oxygens (including phenoxy) is 1. The SMILES string of the molecule is [3H]n1c2c(c3ccccc31)CN(C(=O)OC(C)(C)C)CC2. The highest BCUT2D eigenvalue weighted by Gasteiger charge is 2.27. The molecule has 1 N–H and O–H groups in total. The third kappa shape index (κ3) is 2.38. The molecule has 1 amide bonds. The molecule has 1 aliphatic rings. The molecule has 1 aromatic carbocycles. The van der Waals surface area contributed by atoms with Crippen LogP contribution in [0.15, 0.2) is 24.3 Å². The second-order valence-electron chi connectivity index (χ2n) is 6.21. The zero-order valence-corrected chi connectivity index (χ0v) is 12.1. The third-order valence-electron chi connectivity index (χ3n) is 3.45. The highest BCUT2D eigenvalue weighted by Crippen LogP contribution is 2.28. The minimum absolute atomic E-state index is 0.282. The van der Waals surface area contributed by atoms with Crippen LogP contribution in [0.4, 0.5) is 4.79 Å². The van der Waals surface area contributed by atoms with Gasteiger partial charge in [0.25, 0.3) is 0 Å². The minimum Gasteiger partial charge on any atom is -0.444 e. The Morgan fingerprint density at radius 3 is 2.90 bits per heavy atom. The molecular weight excluding hydrogens is 252 g/mol. The molecule has 0 spiro atoms. The molecule has 0 atom stereocenters. The topological polar surface area (TPSA) is 45.3 Å². The number of carbonyl (C=O) groups excluding carboxylic acids is 1. The first-order valence-electron chi connectivity index (χ1n) is 7.40. The molecule has 106 valence electrons. The number of H-pyrrole nitrogens is 1. The van der Waals surface area contributed by atoms with Crippen LogP contribution in [-0.4, -0.2) is 28.1 Å². The van der Waals surface area contributed by atoms with E-state index in [0.717, 1.165) is 22.2 Å². The molecule has 2 heterocycles. The Kier molecular flexibility index (Phi) is 2.69. The largest absolute Gasteiger partial charge is 0.444 e. The number of nitrogens with one attached hydrogen (secondary N) is 1. The summed E-state index contributed by atoms with van der Waals surface area (Å²) in [6, 6.07) is 7.86. The Bertz CT molecular complexity index is 700. The van der Waals surface area contributed by atoms with E-state index in [4.69, 9.17) is 6.15 Å². The van der Waals surface area contributed by atoms with Crippen molar-refractivity contribution in [3.05, 3.63) is 35.5 Å². The maximum Gasteiger partial charge on any atom is 0.410 e. The Morgan fingerprint density at radius 1 is 1.40 bits per heavy atom. The van der Waals surface area contributed by atoms with Gasteiger partial charge in [-0.2, -0.15) is 0 Å². The maximum absolute atomic E-state index is 12.2. The van der Waals surface area contributed by atoms with Crippen molar-refractivity contribution in [2.24, 2.45) is 0 Å². The van der Waals surface area contributed by atoms with Crippen LogP contribution in [0.1, 0.15) is 32.0 Å². The number of aromatic amines is 1. The number of fused-ring (bicyclic) bond motifs is 3. The normalized spacial score (nSPS) is 15.9. The van der Waals surface area contributed by atoms with Crippen LogP contribution in [0.3, 0.4) is 0 Å². The van der Waals surface area contributed by atoms with Gasteiger partial charge in [0.2, 0.25) is 0 Å².